The molecule has 8 N–H and O–H groups in total. The molecule has 86 heavy (non-hydrogen) atoms. The third-order valence-electron chi connectivity index (χ3n) is 18.8. The van der Waals surface area contributed by atoms with Gasteiger partial charge < -0.3 is 50.5 Å². The van der Waals surface area contributed by atoms with Crippen LogP contribution < -0.4 is 5.32 Å². The minimum atomic E-state index is -1.66. The smallest absolute Gasteiger partial charge is 0.249 e. The molecular formula is C75H147NO10. The van der Waals surface area contributed by atoms with Crippen molar-refractivity contribution in [1.29, 1.82) is 0 Å². The molecule has 0 aromatic heterocycles. The van der Waals surface area contributed by atoms with E-state index in [1.165, 1.54) is 315 Å². The molecule has 1 amide bonds. The SMILES string of the molecule is CCCCCCCCCCCCCC/C=C\CCCCCCCCCCCCCCCCCC(O)C(=O)NC(COC1OC(CO)C(O)C(O)C1O)C(O)C(O)CCCCCCCCCCCCCCCCCCCCCCCCCCCCCC. The first-order valence-electron chi connectivity index (χ1n) is 38.1. The number of rotatable bonds is 68. The number of aliphatic hydroxyl groups is 7. The van der Waals surface area contributed by atoms with Gasteiger partial charge in [-0.1, -0.05) is 366 Å². The molecule has 0 aliphatic carbocycles. The van der Waals surface area contributed by atoms with Crippen molar-refractivity contribution in [3.05, 3.63) is 12.2 Å². The topological polar surface area (TPSA) is 189 Å². The summed E-state index contributed by atoms with van der Waals surface area (Å²) >= 11 is 0. The van der Waals surface area contributed by atoms with Crippen LogP contribution in [-0.4, -0.2) is 110 Å². The monoisotopic (exact) mass is 1220 g/mol. The van der Waals surface area contributed by atoms with Gasteiger partial charge in [0.05, 0.1) is 25.4 Å². The number of ether oxygens (including phenoxy) is 2. The first-order chi connectivity index (χ1) is 42.2. The van der Waals surface area contributed by atoms with Crippen molar-refractivity contribution in [1.82, 2.24) is 5.32 Å². The largest absolute Gasteiger partial charge is 0.394 e. The lowest BCUT2D eigenvalue weighted by molar-refractivity contribution is -0.303. The van der Waals surface area contributed by atoms with Gasteiger partial charge in [-0.2, -0.15) is 0 Å². The van der Waals surface area contributed by atoms with Crippen molar-refractivity contribution in [3.63, 3.8) is 0 Å². The summed E-state index contributed by atoms with van der Waals surface area (Å²) in [5.74, 6) is -0.688. The van der Waals surface area contributed by atoms with Crippen molar-refractivity contribution < 1.29 is 50.0 Å². The number of hydrogen-bond donors (Lipinski definition) is 8. The maximum atomic E-state index is 13.3. The lowest BCUT2D eigenvalue weighted by Gasteiger charge is -2.40. The van der Waals surface area contributed by atoms with Crippen LogP contribution in [0.1, 0.15) is 393 Å². The second-order valence-corrected chi connectivity index (χ2v) is 27.1. The van der Waals surface area contributed by atoms with Crippen LogP contribution >= 0.6 is 0 Å². The van der Waals surface area contributed by atoms with Gasteiger partial charge in [-0.05, 0) is 38.5 Å². The van der Waals surface area contributed by atoms with Crippen LogP contribution in [0.3, 0.4) is 0 Å². The Bertz CT molecular complexity index is 1400. The molecular weight excluding hydrogens is 1070 g/mol. The van der Waals surface area contributed by atoms with Gasteiger partial charge in [0.1, 0.15) is 36.6 Å². The lowest BCUT2D eigenvalue weighted by Crippen LogP contribution is -2.60. The molecule has 9 unspecified atom stereocenters. The fraction of sp³-hybridized carbons (Fsp3) is 0.960. The Hall–Kier alpha value is -1.15. The number of carbonyl (C=O) groups excluding carboxylic acids is 1. The molecule has 1 aliphatic heterocycles. The Kier molecular flexibility index (Phi) is 61.6. The first kappa shape index (κ1) is 82.9. The molecule has 512 valence electrons. The highest BCUT2D eigenvalue weighted by molar-refractivity contribution is 5.80. The van der Waals surface area contributed by atoms with E-state index in [2.05, 4.69) is 31.3 Å². The molecule has 0 spiro atoms. The summed E-state index contributed by atoms with van der Waals surface area (Å²) in [6.07, 6.45) is 68.8. The van der Waals surface area contributed by atoms with Crippen LogP contribution in [0.25, 0.3) is 0 Å². The number of carbonyl (C=O) groups is 1. The molecule has 1 fully saturated rings. The van der Waals surface area contributed by atoms with E-state index < -0.39 is 74.2 Å². The second kappa shape index (κ2) is 64.0. The Morgan fingerprint density at radius 2 is 0.674 bits per heavy atom. The van der Waals surface area contributed by atoms with Crippen LogP contribution in [0.2, 0.25) is 0 Å². The summed E-state index contributed by atoms with van der Waals surface area (Å²) in [6.45, 7) is 3.53. The number of nitrogens with one attached hydrogen (secondary N) is 1. The van der Waals surface area contributed by atoms with E-state index in [0.29, 0.717) is 19.3 Å². The maximum Gasteiger partial charge on any atom is 0.249 e. The van der Waals surface area contributed by atoms with E-state index in [-0.39, 0.29) is 6.42 Å². The Morgan fingerprint density at radius 1 is 0.395 bits per heavy atom. The highest BCUT2D eigenvalue weighted by atomic mass is 16.7. The third kappa shape index (κ3) is 50.5. The average Bonchev–Trinajstić information content (AvgIpc) is 3.00. The van der Waals surface area contributed by atoms with E-state index in [1.807, 2.05) is 0 Å². The molecule has 0 bridgehead atoms. The van der Waals surface area contributed by atoms with Gasteiger partial charge in [0.2, 0.25) is 5.91 Å². The number of amides is 1. The summed E-state index contributed by atoms with van der Waals surface area (Å²) in [7, 11) is 0. The van der Waals surface area contributed by atoms with Crippen molar-refractivity contribution in [2.45, 2.75) is 448 Å². The van der Waals surface area contributed by atoms with Crippen molar-refractivity contribution in [2.75, 3.05) is 13.2 Å². The summed E-state index contributed by atoms with van der Waals surface area (Å²) in [4.78, 5) is 13.3. The van der Waals surface area contributed by atoms with E-state index in [1.54, 1.807) is 0 Å². The number of aliphatic hydroxyl groups excluding tert-OH is 7. The van der Waals surface area contributed by atoms with Gasteiger partial charge in [0.15, 0.2) is 6.29 Å². The standard InChI is InChI=1S/C75H147NO10/c1-3-5-7-9-11-13-15-17-19-21-23-25-27-29-31-33-34-35-37-39-41-43-45-47-49-51-53-55-57-59-61-63-68(79)74(84)76-66(65-85-75-73(83)72(82)71(81)69(64-77)86-75)70(80)67(78)62-60-58-56-54-52-50-48-46-44-42-40-38-36-32-30-28-26-24-22-20-18-16-14-12-10-8-6-4-2/h29,31,66-73,75,77-83H,3-28,30,32-65H2,1-2H3,(H,76,84)/b31-29-. The van der Waals surface area contributed by atoms with Gasteiger partial charge in [-0.3, -0.25) is 4.79 Å². The molecule has 11 heteroatoms. The van der Waals surface area contributed by atoms with Crippen molar-refractivity contribution >= 4 is 5.91 Å². The highest BCUT2D eigenvalue weighted by Crippen LogP contribution is 2.24. The predicted molar refractivity (Wildman–Crippen MR) is 363 cm³/mol. The molecule has 0 saturated carbocycles. The number of hydrogen-bond acceptors (Lipinski definition) is 10. The lowest BCUT2D eigenvalue weighted by atomic mass is 9.98. The fourth-order valence-electron chi connectivity index (χ4n) is 12.7. The predicted octanol–water partition coefficient (Wildman–Crippen LogP) is 19.0. The van der Waals surface area contributed by atoms with E-state index >= 15 is 0 Å². The number of unbranched alkanes of at least 4 members (excludes halogenated alkanes) is 54. The van der Waals surface area contributed by atoms with Crippen LogP contribution in [0.4, 0.5) is 0 Å². The van der Waals surface area contributed by atoms with Gasteiger partial charge in [0, 0.05) is 0 Å². The summed E-state index contributed by atoms with van der Waals surface area (Å²) in [5, 5.41) is 76.7. The first-order valence-corrected chi connectivity index (χ1v) is 38.1. The van der Waals surface area contributed by atoms with Gasteiger partial charge in [-0.25, -0.2) is 0 Å². The zero-order valence-electron chi connectivity index (χ0n) is 56.8. The molecule has 1 rings (SSSR count). The minimum Gasteiger partial charge on any atom is -0.394 e. The Morgan fingerprint density at radius 3 is 0.977 bits per heavy atom. The molecule has 1 heterocycles. The molecule has 1 saturated heterocycles. The van der Waals surface area contributed by atoms with Crippen LogP contribution in [0.5, 0.6) is 0 Å². The van der Waals surface area contributed by atoms with Gasteiger partial charge >= 0.3 is 0 Å². The molecule has 0 radical (unpaired) electrons. The summed E-state index contributed by atoms with van der Waals surface area (Å²) in [5.41, 5.74) is 0. The summed E-state index contributed by atoms with van der Waals surface area (Å²) in [6, 6.07) is -1.17. The van der Waals surface area contributed by atoms with E-state index in [0.717, 1.165) is 38.5 Å². The normalized spacial score (nSPS) is 18.7. The molecule has 9 atom stereocenters. The van der Waals surface area contributed by atoms with Gasteiger partial charge in [-0.15, -0.1) is 0 Å². The van der Waals surface area contributed by atoms with Crippen molar-refractivity contribution in [3.8, 4) is 0 Å². The van der Waals surface area contributed by atoms with E-state index in [4.69, 9.17) is 9.47 Å². The van der Waals surface area contributed by atoms with E-state index in [9.17, 15) is 40.5 Å². The number of allylic oxidation sites excluding steroid dienone is 2. The quantitative estimate of drug-likeness (QED) is 0.0215. The van der Waals surface area contributed by atoms with Crippen molar-refractivity contribution in [2.24, 2.45) is 0 Å². The Labute approximate surface area is 532 Å². The minimum absolute atomic E-state index is 0.265. The average molecular weight is 1220 g/mol. The zero-order valence-corrected chi connectivity index (χ0v) is 56.8. The summed E-state index contributed by atoms with van der Waals surface area (Å²) < 4.78 is 11.2. The fourth-order valence-corrected chi connectivity index (χ4v) is 12.7. The molecule has 11 nitrogen and oxygen atoms in total. The molecule has 0 aromatic rings. The van der Waals surface area contributed by atoms with Crippen LogP contribution in [-0.2, 0) is 14.3 Å². The Balaban J connectivity index is 2.15. The maximum absolute atomic E-state index is 13.3. The molecule has 0 aromatic carbocycles. The second-order valence-electron chi connectivity index (χ2n) is 27.1. The van der Waals surface area contributed by atoms with Crippen LogP contribution in [0.15, 0.2) is 12.2 Å². The van der Waals surface area contributed by atoms with Crippen LogP contribution in [0, 0.1) is 0 Å². The van der Waals surface area contributed by atoms with Gasteiger partial charge in [0.25, 0.3) is 0 Å². The zero-order chi connectivity index (χ0) is 62.4. The molecule has 1 aliphatic rings. The highest BCUT2D eigenvalue weighted by Gasteiger charge is 2.44. The third-order valence-corrected chi connectivity index (χ3v) is 18.8.